The Morgan fingerprint density at radius 1 is 1.17 bits per heavy atom. The Labute approximate surface area is 209 Å². The van der Waals surface area contributed by atoms with Crippen LogP contribution in [-0.2, 0) is 14.3 Å². The van der Waals surface area contributed by atoms with Crippen LogP contribution in [0.5, 0.6) is 17.2 Å². The van der Waals surface area contributed by atoms with Gasteiger partial charge in [-0.05, 0) is 55.3 Å². The Morgan fingerprint density at radius 3 is 2.64 bits per heavy atom. The maximum absolute atomic E-state index is 13.7. The van der Waals surface area contributed by atoms with E-state index in [1.54, 1.807) is 56.3 Å². The smallest absolute Gasteiger partial charge is 0.338 e. The first-order valence-corrected chi connectivity index (χ1v) is 12.0. The molecule has 9 nitrogen and oxygen atoms in total. The van der Waals surface area contributed by atoms with Gasteiger partial charge in [0, 0.05) is 6.92 Å². The largest absolute Gasteiger partial charge is 0.463 e. The van der Waals surface area contributed by atoms with Crippen LogP contribution in [0.15, 0.2) is 63.5 Å². The van der Waals surface area contributed by atoms with Gasteiger partial charge in [-0.2, -0.15) is 0 Å². The molecule has 0 bridgehead atoms. The molecule has 1 aromatic heterocycles. The first-order chi connectivity index (χ1) is 17.4. The van der Waals surface area contributed by atoms with Crippen LogP contribution < -0.4 is 29.1 Å². The van der Waals surface area contributed by atoms with Crippen molar-refractivity contribution in [3.8, 4) is 17.2 Å². The van der Waals surface area contributed by atoms with E-state index in [9.17, 15) is 14.4 Å². The van der Waals surface area contributed by atoms with Crippen LogP contribution in [0.1, 0.15) is 37.9 Å². The van der Waals surface area contributed by atoms with E-state index in [0.29, 0.717) is 37.8 Å². The van der Waals surface area contributed by atoms with Gasteiger partial charge in [-0.1, -0.05) is 29.5 Å². The normalized spacial score (nSPS) is 16.4. The number of carbonyl (C=O) groups is 2. The molecule has 1 atom stereocenters. The number of nitrogens with zero attached hydrogens (tertiary/aromatic N) is 2. The summed E-state index contributed by atoms with van der Waals surface area (Å²) in [5, 5.41) is 0. The molecule has 2 aliphatic heterocycles. The van der Waals surface area contributed by atoms with Crippen molar-refractivity contribution in [2.75, 3.05) is 13.4 Å². The zero-order valence-corrected chi connectivity index (χ0v) is 20.6. The predicted molar refractivity (Wildman–Crippen MR) is 131 cm³/mol. The van der Waals surface area contributed by atoms with Gasteiger partial charge in [0.15, 0.2) is 16.3 Å². The van der Waals surface area contributed by atoms with E-state index in [1.165, 1.54) is 22.8 Å². The topological polar surface area (TPSA) is 105 Å². The van der Waals surface area contributed by atoms with Crippen molar-refractivity contribution in [3.05, 3.63) is 84.5 Å². The summed E-state index contributed by atoms with van der Waals surface area (Å²) >= 11 is 1.23. The van der Waals surface area contributed by atoms with Crippen molar-refractivity contribution >= 4 is 29.4 Å². The number of esters is 2. The van der Waals surface area contributed by atoms with E-state index < -0.39 is 18.0 Å². The molecular formula is C26H22N2O7S. The molecule has 3 aromatic rings. The number of aromatic nitrogens is 1. The molecule has 3 heterocycles. The quantitative estimate of drug-likeness (QED) is 0.387. The standard InChI is InChI=1S/C26H22N2O7S/c1-4-32-25(31)22-14(2)27-26-28(23(22)17-6-8-18(9-7-17)35-15(3)29)24(30)21(36-26)12-16-5-10-19-20(11-16)34-13-33-19/h5-12,23H,4,13H2,1-3H3. The summed E-state index contributed by atoms with van der Waals surface area (Å²) in [5.74, 6) is 0.642. The van der Waals surface area contributed by atoms with Crippen molar-refractivity contribution in [1.29, 1.82) is 0 Å². The van der Waals surface area contributed by atoms with E-state index in [2.05, 4.69) is 4.99 Å². The number of allylic oxidation sites excluding steroid dienone is 1. The first-order valence-electron chi connectivity index (χ1n) is 11.2. The lowest BCUT2D eigenvalue weighted by molar-refractivity contribution is -0.139. The predicted octanol–water partition coefficient (Wildman–Crippen LogP) is 2.45. The summed E-state index contributed by atoms with van der Waals surface area (Å²) in [6.07, 6.45) is 1.76. The molecule has 2 aromatic carbocycles. The van der Waals surface area contributed by atoms with Gasteiger partial charge < -0.3 is 18.9 Å². The van der Waals surface area contributed by atoms with Gasteiger partial charge in [0.1, 0.15) is 5.75 Å². The third-order valence-electron chi connectivity index (χ3n) is 5.67. The zero-order chi connectivity index (χ0) is 25.4. The number of hydrogen-bond acceptors (Lipinski definition) is 9. The average Bonchev–Trinajstić information content (AvgIpc) is 3.42. The van der Waals surface area contributed by atoms with Crippen LogP contribution in [0.2, 0.25) is 0 Å². The third kappa shape index (κ3) is 4.31. The highest BCUT2D eigenvalue weighted by Crippen LogP contribution is 2.33. The fourth-order valence-corrected chi connectivity index (χ4v) is 5.19. The molecule has 0 fully saturated rings. The number of rotatable bonds is 5. The van der Waals surface area contributed by atoms with Gasteiger partial charge in [0.2, 0.25) is 6.79 Å². The lowest BCUT2D eigenvalue weighted by Gasteiger charge is -2.24. The summed E-state index contributed by atoms with van der Waals surface area (Å²) in [4.78, 5) is 43.0. The third-order valence-corrected chi connectivity index (χ3v) is 6.65. The van der Waals surface area contributed by atoms with Gasteiger partial charge in [-0.25, -0.2) is 9.79 Å². The Balaban J connectivity index is 1.65. The van der Waals surface area contributed by atoms with Gasteiger partial charge in [0.25, 0.3) is 5.56 Å². The Bertz CT molecular complexity index is 1580. The minimum absolute atomic E-state index is 0.160. The minimum atomic E-state index is -0.759. The fourth-order valence-electron chi connectivity index (χ4n) is 4.15. The Hall–Kier alpha value is -4.18. The van der Waals surface area contributed by atoms with Gasteiger partial charge in [-0.3, -0.25) is 14.2 Å². The van der Waals surface area contributed by atoms with E-state index in [0.717, 1.165) is 5.56 Å². The van der Waals surface area contributed by atoms with Crippen molar-refractivity contribution in [2.24, 2.45) is 4.99 Å². The molecular weight excluding hydrogens is 484 g/mol. The van der Waals surface area contributed by atoms with E-state index in [1.807, 2.05) is 6.07 Å². The molecule has 0 aliphatic carbocycles. The minimum Gasteiger partial charge on any atom is -0.463 e. The monoisotopic (exact) mass is 506 g/mol. The number of fused-ring (bicyclic) bond motifs is 2. The van der Waals surface area contributed by atoms with E-state index >= 15 is 0 Å². The lowest BCUT2D eigenvalue weighted by atomic mass is 9.96. The molecule has 10 heteroatoms. The summed E-state index contributed by atoms with van der Waals surface area (Å²) in [7, 11) is 0. The molecule has 36 heavy (non-hydrogen) atoms. The molecule has 0 amide bonds. The van der Waals surface area contributed by atoms with Gasteiger partial charge in [-0.15, -0.1) is 0 Å². The van der Waals surface area contributed by atoms with E-state index in [-0.39, 0.29) is 24.5 Å². The molecule has 0 saturated heterocycles. The molecule has 184 valence electrons. The van der Waals surface area contributed by atoms with Crippen LogP contribution in [0.4, 0.5) is 0 Å². The van der Waals surface area contributed by atoms with Crippen molar-refractivity contribution in [1.82, 2.24) is 4.57 Å². The maximum atomic E-state index is 13.7. The number of ether oxygens (including phenoxy) is 4. The molecule has 0 spiro atoms. The average molecular weight is 507 g/mol. The van der Waals surface area contributed by atoms with Crippen LogP contribution >= 0.6 is 11.3 Å². The number of hydrogen-bond donors (Lipinski definition) is 0. The fraction of sp³-hybridized carbons (Fsp3) is 0.231. The molecule has 2 aliphatic rings. The summed E-state index contributed by atoms with van der Waals surface area (Å²) in [6.45, 7) is 5.10. The van der Waals surface area contributed by atoms with Crippen LogP contribution in [0.25, 0.3) is 6.08 Å². The molecule has 0 N–H and O–H groups in total. The number of benzene rings is 2. The maximum Gasteiger partial charge on any atom is 0.338 e. The molecule has 0 radical (unpaired) electrons. The second-order valence-electron chi connectivity index (χ2n) is 8.08. The van der Waals surface area contributed by atoms with Crippen molar-refractivity contribution in [2.45, 2.75) is 26.8 Å². The number of carbonyl (C=O) groups excluding carboxylic acids is 2. The van der Waals surface area contributed by atoms with Gasteiger partial charge in [0.05, 0.1) is 28.5 Å². The zero-order valence-electron chi connectivity index (χ0n) is 19.8. The number of thiazole rings is 1. The molecule has 1 unspecified atom stereocenters. The summed E-state index contributed by atoms with van der Waals surface area (Å²) in [6, 6.07) is 11.4. The van der Waals surface area contributed by atoms with Gasteiger partial charge >= 0.3 is 11.9 Å². The highest BCUT2D eigenvalue weighted by atomic mass is 32.1. The lowest BCUT2D eigenvalue weighted by Crippen LogP contribution is -2.39. The van der Waals surface area contributed by atoms with Crippen LogP contribution in [-0.4, -0.2) is 29.9 Å². The molecule has 0 saturated carbocycles. The van der Waals surface area contributed by atoms with Crippen LogP contribution in [0.3, 0.4) is 0 Å². The summed E-state index contributed by atoms with van der Waals surface area (Å²) < 4.78 is 23.2. The highest BCUT2D eigenvalue weighted by molar-refractivity contribution is 7.07. The van der Waals surface area contributed by atoms with Crippen molar-refractivity contribution in [3.63, 3.8) is 0 Å². The van der Waals surface area contributed by atoms with Crippen LogP contribution in [0, 0.1) is 0 Å². The van der Waals surface area contributed by atoms with E-state index in [4.69, 9.17) is 18.9 Å². The highest BCUT2D eigenvalue weighted by Gasteiger charge is 2.33. The second kappa shape index (κ2) is 9.46. The Kier molecular flexibility index (Phi) is 6.19. The SMILES string of the molecule is CCOC(=O)C1=C(C)N=c2sc(=Cc3ccc4c(c3)OCO4)c(=O)n2C1c1ccc(OC(C)=O)cc1. The summed E-state index contributed by atoms with van der Waals surface area (Å²) in [5.41, 5.74) is 1.88. The van der Waals surface area contributed by atoms with Crippen molar-refractivity contribution < 1.29 is 28.5 Å². The first kappa shape index (κ1) is 23.6. The molecule has 5 rings (SSSR count). The second-order valence-corrected chi connectivity index (χ2v) is 9.09. The Morgan fingerprint density at radius 2 is 1.92 bits per heavy atom.